The zero-order chi connectivity index (χ0) is 25.9. The van der Waals surface area contributed by atoms with E-state index >= 15 is 0 Å². The molecule has 36 heavy (non-hydrogen) atoms. The molecule has 2 aromatic carbocycles. The average Bonchev–Trinajstić information content (AvgIpc) is 2.86. The van der Waals surface area contributed by atoms with Crippen LogP contribution < -0.4 is 4.74 Å². The van der Waals surface area contributed by atoms with E-state index in [9.17, 15) is 13.5 Å². The van der Waals surface area contributed by atoms with Crippen LogP contribution in [0.1, 0.15) is 25.1 Å². The minimum Gasteiger partial charge on any atom is -0.487 e. The molecule has 3 aromatic rings. The van der Waals surface area contributed by atoms with Crippen molar-refractivity contribution in [2.45, 2.75) is 44.4 Å². The molecule has 1 aliphatic rings. The van der Waals surface area contributed by atoms with Crippen molar-refractivity contribution in [2.24, 2.45) is 5.92 Å². The van der Waals surface area contributed by atoms with Crippen molar-refractivity contribution in [1.82, 2.24) is 14.2 Å². The van der Waals surface area contributed by atoms with Crippen molar-refractivity contribution in [3.05, 3.63) is 78.1 Å². The van der Waals surface area contributed by atoms with Crippen LogP contribution in [0.3, 0.4) is 0 Å². The van der Waals surface area contributed by atoms with Gasteiger partial charge in [-0.05, 0) is 56.3 Å². The van der Waals surface area contributed by atoms with E-state index < -0.39 is 16.1 Å². The van der Waals surface area contributed by atoms with E-state index in [0.717, 1.165) is 22.4 Å². The summed E-state index contributed by atoms with van der Waals surface area (Å²) in [5, 5.41) is 9.85. The highest BCUT2D eigenvalue weighted by Crippen LogP contribution is 2.36. The molecule has 4 rings (SSSR count). The van der Waals surface area contributed by atoms with Crippen molar-refractivity contribution in [2.75, 3.05) is 26.7 Å². The predicted octanol–water partition coefficient (Wildman–Crippen LogP) is 3.96. The molecule has 1 aliphatic heterocycles. The van der Waals surface area contributed by atoms with E-state index in [-0.39, 0.29) is 30.1 Å². The second-order valence-electron chi connectivity index (χ2n) is 9.79. The number of hydrogen-bond donors (Lipinski definition) is 1. The maximum Gasteiger partial charge on any atom is 0.247 e. The molecule has 0 saturated heterocycles. The molecule has 0 saturated carbocycles. The molecule has 0 aliphatic carbocycles. The number of hydrogen-bond acceptors (Lipinski definition) is 6. The van der Waals surface area contributed by atoms with Gasteiger partial charge in [0.2, 0.25) is 10.0 Å². The minimum atomic E-state index is -3.87. The van der Waals surface area contributed by atoms with Gasteiger partial charge in [0.25, 0.3) is 0 Å². The molecule has 0 fully saturated rings. The van der Waals surface area contributed by atoms with Gasteiger partial charge in [-0.25, -0.2) is 8.42 Å². The van der Waals surface area contributed by atoms with Crippen LogP contribution in [0.4, 0.5) is 0 Å². The minimum absolute atomic E-state index is 0.115. The van der Waals surface area contributed by atoms with Crippen LogP contribution >= 0.6 is 0 Å². The van der Waals surface area contributed by atoms with E-state index in [1.54, 1.807) is 19.2 Å². The molecular formula is C28H35N3O4S. The molecule has 192 valence electrons. The number of aliphatic hydroxyl groups is 1. The highest BCUT2D eigenvalue weighted by atomic mass is 32.2. The van der Waals surface area contributed by atoms with Gasteiger partial charge in [0.15, 0.2) is 0 Å². The third-order valence-electron chi connectivity index (χ3n) is 6.70. The first-order valence-corrected chi connectivity index (χ1v) is 13.7. The number of aryl methyl sites for hydroxylation is 1. The lowest BCUT2D eigenvalue weighted by molar-refractivity contribution is 0.0731. The maximum atomic E-state index is 13.7. The van der Waals surface area contributed by atoms with Crippen molar-refractivity contribution in [3.8, 4) is 16.9 Å². The quantitative estimate of drug-likeness (QED) is 0.519. The monoisotopic (exact) mass is 509 g/mol. The van der Waals surface area contributed by atoms with Crippen LogP contribution in [-0.4, -0.2) is 66.6 Å². The molecule has 0 bridgehead atoms. The number of benzene rings is 2. The second kappa shape index (κ2) is 11.1. The van der Waals surface area contributed by atoms with E-state index in [4.69, 9.17) is 4.74 Å². The topological polar surface area (TPSA) is 83.0 Å². The highest BCUT2D eigenvalue weighted by Gasteiger charge is 2.38. The average molecular weight is 510 g/mol. The summed E-state index contributed by atoms with van der Waals surface area (Å²) in [7, 11) is -1.86. The van der Waals surface area contributed by atoms with E-state index in [0.29, 0.717) is 18.8 Å². The SMILES string of the molecule is Cc1ccc(-c2ccc3c(c2)O[C@H](CN(C)Cc2ccccn2)[C@H](C)CN([C@@H](C)CO)S3(=O)=O)cc1. The molecule has 0 amide bonds. The molecule has 0 unspecified atom stereocenters. The largest absolute Gasteiger partial charge is 0.487 e. The van der Waals surface area contributed by atoms with Gasteiger partial charge in [0, 0.05) is 37.8 Å². The third-order valence-corrected chi connectivity index (χ3v) is 8.72. The Bertz CT molecular complexity index is 1270. The maximum absolute atomic E-state index is 13.7. The lowest BCUT2D eigenvalue weighted by atomic mass is 10.0. The molecule has 1 N–H and O–H groups in total. The lowest BCUT2D eigenvalue weighted by Gasteiger charge is -2.37. The first-order chi connectivity index (χ1) is 17.2. The van der Waals surface area contributed by atoms with Crippen LogP contribution in [0.5, 0.6) is 5.75 Å². The fourth-order valence-corrected chi connectivity index (χ4v) is 6.33. The Balaban J connectivity index is 1.72. The van der Waals surface area contributed by atoms with Crippen molar-refractivity contribution >= 4 is 10.0 Å². The van der Waals surface area contributed by atoms with Gasteiger partial charge in [-0.15, -0.1) is 0 Å². The van der Waals surface area contributed by atoms with E-state index in [1.165, 1.54) is 4.31 Å². The molecule has 7 nitrogen and oxygen atoms in total. The number of fused-ring (bicyclic) bond motifs is 1. The fourth-order valence-electron chi connectivity index (χ4n) is 4.51. The van der Waals surface area contributed by atoms with Gasteiger partial charge < -0.3 is 9.84 Å². The summed E-state index contributed by atoms with van der Waals surface area (Å²) >= 11 is 0. The zero-order valence-corrected chi connectivity index (χ0v) is 22.1. The van der Waals surface area contributed by atoms with Crippen molar-refractivity contribution < 1.29 is 18.3 Å². The van der Waals surface area contributed by atoms with Gasteiger partial charge >= 0.3 is 0 Å². The first-order valence-electron chi connectivity index (χ1n) is 12.3. The van der Waals surface area contributed by atoms with Crippen LogP contribution in [0.15, 0.2) is 71.8 Å². The molecule has 2 heterocycles. The third kappa shape index (κ3) is 5.78. The number of aromatic nitrogens is 1. The summed E-state index contributed by atoms with van der Waals surface area (Å²) in [6.07, 6.45) is 1.51. The van der Waals surface area contributed by atoms with Crippen LogP contribution in [0.2, 0.25) is 0 Å². The van der Waals surface area contributed by atoms with Gasteiger partial charge in [0.05, 0.1) is 12.3 Å². The Hall–Kier alpha value is -2.78. The fraction of sp³-hybridized carbons (Fsp3) is 0.393. The van der Waals surface area contributed by atoms with Crippen LogP contribution in [0.25, 0.3) is 11.1 Å². The smallest absolute Gasteiger partial charge is 0.247 e. The number of sulfonamides is 1. The first kappa shape index (κ1) is 26.3. The number of ether oxygens (including phenoxy) is 1. The molecular weight excluding hydrogens is 474 g/mol. The Labute approximate surface area is 214 Å². The molecule has 8 heteroatoms. The van der Waals surface area contributed by atoms with Crippen LogP contribution in [0, 0.1) is 12.8 Å². The standard InChI is InChI=1S/C28H35N3O4S/c1-20-8-10-23(11-9-20)24-12-13-28-26(15-24)35-27(18-30(4)17-25-7-5-6-14-29-25)21(2)16-31(22(3)19-32)36(28,33)34/h5-15,21-22,27,32H,16-19H2,1-4H3/t21-,22+,27-/m1/s1. The Morgan fingerprint density at radius 3 is 2.53 bits per heavy atom. The number of likely N-dealkylation sites (N-methyl/N-ethyl adjacent to an activating group) is 1. The second-order valence-corrected chi connectivity index (χ2v) is 11.6. The number of nitrogens with zero attached hydrogens (tertiary/aromatic N) is 3. The van der Waals surface area contributed by atoms with E-state index in [1.807, 2.05) is 75.5 Å². The molecule has 3 atom stereocenters. The summed E-state index contributed by atoms with van der Waals surface area (Å²) in [6.45, 7) is 7.01. The van der Waals surface area contributed by atoms with Gasteiger partial charge in [-0.1, -0.05) is 48.9 Å². The zero-order valence-electron chi connectivity index (χ0n) is 21.3. The summed E-state index contributed by atoms with van der Waals surface area (Å²) in [5.74, 6) is 0.224. The van der Waals surface area contributed by atoms with E-state index in [2.05, 4.69) is 9.88 Å². The summed E-state index contributed by atoms with van der Waals surface area (Å²) in [5.41, 5.74) is 3.99. The van der Waals surface area contributed by atoms with Gasteiger partial charge in [0.1, 0.15) is 16.7 Å². The van der Waals surface area contributed by atoms with Crippen LogP contribution in [-0.2, 0) is 16.6 Å². The molecule has 1 aromatic heterocycles. The molecule has 0 spiro atoms. The number of aliphatic hydroxyl groups excluding tert-OH is 1. The summed E-state index contributed by atoms with van der Waals surface area (Å²) < 4.78 is 35.3. The lowest BCUT2D eigenvalue weighted by Crippen LogP contribution is -2.49. The summed E-state index contributed by atoms with van der Waals surface area (Å²) in [6, 6.07) is 18.7. The van der Waals surface area contributed by atoms with Crippen molar-refractivity contribution in [3.63, 3.8) is 0 Å². The Morgan fingerprint density at radius 1 is 1.14 bits per heavy atom. The molecule has 0 radical (unpaired) electrons. The Kier molecular flexibility index (Phi) is 8.10. The van der Waals surface area contributed by atoms with Gasteiger partial charge in [-0.2, -0.15) is 4.31 Å². The van der Waals surface area contributed by atoms with Crippen molar-refractivity contribution in [1.29, 1.82) is 0 Å². The number of pyridine rings is 1. The number of rotatable bonds is 7. The summed E-state index contributed by atoms with van der Waals surface area (Å²) in [4.78, 5) is 6.69. The highest BCUT2D eigenvalue weighted by molar-refractivity contribution is 7.89. The predicted molar refractivity (Wildman–Crippen MR) is 141 cm³/mol. The van der Waals surface area contributed by atoms with Gasteiger partial charge in [-0.3, -0.25) is 9.88 Å². The normalized spacial score (nSPS) is 20.7. The Morgan fingerprint density at radius 2 is 1.86 bits per heavy atom.